The Morgan fingerprint density at radius 1 is 0.971 bits per heavy atom. The molecule has 0 spiro atoms. The molecule has 0 atom stereocenters. The second-order valence-corrected chi connectivity index (χ2v) is 10.5. The van der Waals surface area contributed by atoms with Crippen molar-refractivity contribution < 1.29 is 13.2 Å². The third kappa shape index (κ3) is 6.55. The Hall–Kier alpha value is -2.97. The van der Waals surface area contributed by atoms with Crippen molar-refractivity contribution in [1.29, 1.82) is 0 Å². The summed E-state index contributed by atoms with van der Waals surface area (Å²) in [6.07, 6.45) is 10.6. The molecule has 1 heterocycles. The van der Waals surface area contributed by atoms with Crippen molar-refractivity contribution in [2.75, 3.05) is 13.1 Å². The molecular formula is C26H32N4O3S. The molecule has 34 heavy (non-hydrogen) atoms. The number of sulfonamides is 1. The largest absolute Gasteiger partial charge is 0.356 e. The summed E-state index contributed by atoms with van der Waals surface area (Å²) in [4.78, 5) is 12.4. The number of nitrogens with zero attached hydrogens (tertiary/aromatic N) is 2. The number of amides is 1. The molecule has 1 saturated carbocycles. The Balaban J connectivity index is 1.18. The van der Waals surface area contributed by atoms with Gasteiger partial charge in [0.25, 0.3) is 0 Å². The number of para-hydroxylation sites is 1. The molecule has 2 aromatic carbocycles. The van der Waals surface area contributed by atoms with Crippen LogP contribution in [0.3, 0.4) is 0 Å². The number of carbonyl (C=O) groups is 1. The molecule has 3 aromatic rings. The Labute approximate surface area is 201 Å². The highest BCUT2D eigenvalue weighted by molar-refractivity contribution is 7.89. The van der Waals surface area contributed by atoms with Gasteiger partial charge in [0.2, 0.25) is 15.9 Å². The number of hydrogen-bond acceptors (Lipinski definition) is 4. The molecule has 1 aliphatic rings. The standard InChI is InChI=1S/C26H32N4O3S/c31-26(27-17-15-21-19-28-30(20-21)24-9-5-2-6-10-24)16-18-29-34(32,33)25-13-11-23(12-14-25)22-7-3-1-4-8-22/h2,5-6,9-14,19-20,22,29H,1,3-4,7-8,15-18H2,(H,27,31). The minimum atomic E-state index is -3.63. The zero-order chi connectivity index (χ0) is 23.8. The van der Waals surface area contributed by atoms with Crippen molar-refractivity contribution in [3.8, 4) is 5.69 Å². The van der Waals surface area contributed by atoms with Crippen molar-refractivity contribution in [2.24, 2.45) is 0 Å². The lowest BCUT2D eigenvalue weighted by molar-refractivity contribution is -0.120. The van der Waals surface area contributed by atoms with Gasteiger partial charge < -0.3 is 5.32 Å². The average Bonchev–Trinajstić information content (AvgIpc) is 3.34. The summed E-state index contributed by atoms with van der Waals surface area (Å²) in [7, 11) is -3.63. The molecule has 7 nitrogen and oxygen atoms in total. The van der Waals surface area contributed by atoms with Gasteiger partial charge >= 0.3 is 0 Å². The van der Waals surface area contributed by atoms with Gasteiger partial charge in [0.15, 0.2) is 0 Å². The zero-order valence-corrected chi connectivity index (χ0v) is 20.1. The van der Waals surface area contributed by atoms with Crippen LogP contribution < -0.4 is 10.0 Å². The minimum absolute atomic E-state index is 0.0600. The lowest BCUT2D eigenvalue weighted by Gasteiger charge is -2.22. The molecule has 1 amide bonds. The number of aromatic nitrogens is 2. The number of hydrogen-bond donors (Lipinski definition) is 2. The molecule has 0 aliphatic heterocycles. The maximum absolute atomic E-state index is 12.6. The van der Waals surface area contributed by atoms with Crippen LogP contribution in [0.25, 0.3) is 5.69 Å². The molecule has 0 saturated heterocycles. The molecule has 0 bridgehead atoms. The topological polar surface area (TPSA) is 93.1 Å². The van der Waals surface area contributed by atoms with Gasteiger partial charge in [-0.25, -0.2) is 17.8 Å². The van der Waals surface area contributed by atoms with E-state index in [0.29, 0.717) is 18.9 Å². The Morgan fingerprint density at radius 3 is 2.44 bits per heavy atom. The molecule has 1 fully saturated rings. The maximum Gasteiger partial charge on any atom is 0.240 e. The van der Waals surface area contributed by atoms with E-state index in [1.54, 1.807) is 23.0 Å². The Bertz CT molecular complexity index is 1170. The van der Waals surface area contributed by atoms with Gasteiger partial charge in [-0.3, -0.25) is 4.79 Å². The van der Waals surface area contributed by atoms with E-state index in [9.17, 15) is 13.2 Å². The van der Waals surface area contributed by atoms with Gasteiger partial charge in [0.1, 0.15) is 0 Å². The van der Waals surface area contributed by atoms with E-state index in [2.05, 4.69) is 15.1 Å². The SMILES string of the molecule is O=C(CCNS(=O)(=O)c1ccc(C2CCCCC2)cc1)NCCc1cnn(-c2ccccc2)c1. The van der Waals surface area contributed by atoms with E-state index >= 15 is 0 Å². The van der Waals surface area contributed by atoms with Gasteiger partial charge in [-0.15, -0.1) is 0 Å². The Kier molecular flexibility index (Phi) is 8.13. The van der Waals surface area contributed by atoms with Gasteiger partial charge in [0, 0.05) is 25.7 Å². The van der Waals surface area contributed by atoms with Crippen LogP contribution in [0.15, 0.2) is 71.9 Å². The van der Waals surface area contributed by atoms with Crippen LogP contribution >= 0.6 is 0 Å². The predicted octanol–water partition coefficient (Wildman–Crippen LogP) is 3.95. The first kappa shape index (κ1) is 24.2. The monoisotopic (exact) mass is 480 g/mol. The van der Waals surface area contributed by atoms with Crippen molar-refractivity contribution in [1.82, 2.24) is 19.8 Å². The van der Waals surface area contributed by atoms with E-state index in [1.807, 2.05) is 48.7 Å². The highest BCUT2D eigenvalue weighted by Crippen LogP contribution is 2.32. The number of benzene rings is 2. The summed E-state index contributed by atoms with van der Waals surface area (Å²) in [6, 6.07) is 17.0. The normalized spacial score (nSPS) is 14.7. The second kappa shape index (κ2) is 11.4. The smallest absolute Gasteiger partial charge is 0.240 e. The van der Waals surface area contributed by atoms with Crippen molar-refractivity contribution in [3.63, 3.8) is 0 Å². The fraction of sp³-hybridized carbons (Fsp3) is 0.385. The fourth-order valence-corrected chi connectivity index (χ4v) is 5.41. The second-order valence-electron chi connectivity index (χ2n) is 8.78. The quantitative estimate of drug-likeness (QED) is 0.460. The molecule has 4 rings (SSSR count). The number of rotatable bonds is 10. The van der Waals surface area contributed by atoms with Crippen molar-refractivity contribution >= 4 is 15.9 Å². The zero-order valence-electron chi connectivity index (χ0n) is 19.3. The minimum Gasteiger partial charge on any atom is -0.356 e. The van der Waals surface area contributed by atoms with Crippen LogP contribution in [-0.2, 0) is 21.2 Å². The third-order valence-corrected chi connectivity index (χ3v) is 7.78. The molecule has 180 valence electrons. The molecule has 2 N–H and O–H groups in total. The summed E-state index contributed by atoms with van der Waals surface area (Å²) in [5.74, 6) is 0.348. The molecular weight excluding hydrogens is 448 g/mol. The van der Waals surface area contributed by atoms with E-state index in [0.717, 1.165) is 11.3 Å². The van der Waals surface area contributed by atoms with Gasteiger partial charge in [-0.1, -0.05) is 49.6 Å². The summed E-state index contributed by atoms with van der Waals surface area (Å²) in [5.41, 5.74) is 3.21. The third-order valence-electron chi connectivity index (χ3n) is 6.30. The molecule has 8 heteroatoms. The average molecular weight is 481 g/mol. The highest BCUT2D eigenvalue weighted by atomic mass is 32.2. The lowest BCUT2D eigenvalue weighted by atomic mass is 9.84. The van der Waals surface area contributed by atoms with E-state index in [-0.39, 0.29) is 23.8 Å². The van der Waals surface area contributed by atoms with Gasteiger partial charge in [-0.05, 0) is 60.6 Å². The van der Waals surface area contributed by atoms with E-state index in [1.165, 1.54) is 37.7 Å². The maximum atomic E-state index is 12.6. The van der Waals surface area contributed by atoms with Crippen LogP contribution in [0, 0.1) is 0 Å². The summed E-state index contributed by atoms with van der Waals surface area (Å²) >= 11 is 0. The first-order valence-electron chi connectivity index (χ1n) is 12.0. The van der Waals surface area contributed by atoms with E-state index in [4.69, 9.17) is 0 Å². The summed E-state index contributed by atoms with van der Waals surface area (Å²) in [6.45, 7) is 0.527. The van der Waals surface area contributed by atoms with Gasteiger partial charge in [-0.2, -0.15) is 5.10 Å². The van der Waals surface area contributed by atoms with Crippen LogP contribution in [0.2, 0.25) is 0 Å². The number of nitrogens with one attached hydrogen (secondary N) is 2. The molecule has 1 aromatic heterocycles. The van der Waals surface area contributed by atoms with Gasteiger partial charge in [0.05, 0.1) is 16.8 Å². The first-order valence-corrected chi connectivity index (χ1v) is 13.4. The van der Waals surface area contributed by atoms with Crippen LogP contribution in [0.5, 0.6) is 0 Å². The van der Waals surface area contributed by atoms with Crippen molar-refractivity contribution in [3.05, 3.63) is 78.1 Å². The number of carbonyl (C=O) groups excluding carboxylic acids is 1. The summed E-state index contributed by atoms with van der Waals surface area (Å²) < 4.78 is 29.5. The van der Waals surface area contributed by atoms with Crippen LogP contribution in [0.1, 0.15) is 55.6 Å². The highest BCUT2D eigenvalue weighted by Gasteiger charge is 2.18. The molecule has 0 radical (unpaired) electrons. The first-order chi connectivity index (χ1) is 16.5. The summed E-state index contributed by atoms with van der Waals surface area (Å²) in [5, 5.41) is 7.19. The van der Waals surface area contributed by atoms with Crippen LogP contribution in [-0.4, -0.2) is 37.2 Å². The lowest BCUT2D eigenvalue weighted by Crippen LogP contribution is -2.31. The fourth-order valence-electron chi connectivity index (χ4n) is 4.38. The molecule has 1 aliphatic carbocycles. The molecule has 0 unspecified atom stereocenters. The van der Waals surface area contributed by atoms with Crippen LogP contribution in [0.4, 0.5) is 0 Å². The Morgan fingerprint density at radius 2 is 1.71 bits per heavy atom. The van der Waals surface area contributed by atoms with Crippen molar-refractivity contribution in [2.45, 2.75) is 55.8 Å². The van der Waals surface area contributed by atoms with E-state index < -0.39 is 10.0 Å². The predicted molar refractivity (Wildman–Crippen MR) is 132 cm³/mol.